The molecule has 0 aromatic carbocycles. The second-order valence-corrected chi connectivity index (χ2v) is 10.4. The molecule has 2 aliphatic carbocycles. The van der Waals surface area contributed by atoms with Crippen LogP contribution in [-0.4, -0.2) is 82.0 Å². The number of hydroxylamine groups is 2. The minimum atomic E-state index is -0.717. The number of rotatable bonds is 11. The molecule has 35 heavy (non-hydrogen) atoms. The van der Waals surface area contributed by atoms with Crippen LogP contribution in [0, 0.1) is 17.7 Å². The van der Waals surface area contributed by atoms with Crippen molar-refractivity contribution < 1.29 is 19.2 Å². The topological polar surface area (TPSA) is 117 Å². The molecule has 1 atom stereocenters. The van der Waals surface area contributed by atoms with Crippen molar-refractivity contribution in [3.8, 4) is 0 Å². The normalized spacial score (nSPS) is 20.5. The number of nitrogens with zero attached hydrogens (tertiary/aromatic N) is 6. The number of hydrogen-bond acceptors (Lipinski definition) is 9. The summed E-state index contributed by atoms with van der Waals surface area (Å²) in [6.07, 6.45) is 8.24. The first-order chi connectivity index (χ1) is 16.7. The third-order valence-corrected chi connectivity index (χ3v) is 7.52. The Bertz CT molecular complexity index is 928. The minimum Gasteiger partial charge on any atom is -0.338 e. The molecular formula is C22H34ClFN8O3. The fourth-order valence-corrected chi connectivity index (χ4v) is 5.45. The first kappa shape index (κ1) is 25.8. The molecule has 2 saturated carbocycles. The van der Waals surface area contributed by atoms with Crippen molar-refractivity contribution >= 4 is 35.6 Å². The maximum Gasteiger partial charge on any atom is 0.243 e. The van der Waals surface area contributed by atoms with Crippen LogP contribution in [-0.2, 0) is 9.59 Å². The first-order valence-corrected chi connectivity index (χ1v) is 12.5. The number of amides is 2. The van der Waals surface area contributed by atoms with Crippen molar-refractivity contribution in [3.05, 3.63) is 11.1 Å². The maximum absolute atomic E-state index is 15.4. The molecule has 1 saturated heterocycles. The van der Waals surface area contributed by atoms with Crippen molar-refractivity contribution in [3.63, 3.8) is 0 Å². The van der Waals surface area contributed by atoms with Crippen molar-refractivity contribution in [1.29, 1.82) is 0 Å². The van der Waals surface area contributed by atoms with Crippen LogP contribution >= 0.6 is 11.6 Å². The highest BCUT2D eigenvalue weighted by Crippen LogP contribution is 2.47. The Hall–Kier alpha value is -2.28. The van der Waals surface area contributed by atoms with Gasteiger partial charge >= 0.3 is 0 Å². The molecule has 4 rings (SSSR count). The minimum absolute atomic E-state index is 0.0174. The number of hydrogen-bond donors (Lipinski definition) is 3. The second-order valence-electron chi connectivity index (χ2n) is 10.1. The van der Waals surface area contributed by atoms with E-state index in [1.165, 1.54) is 12.8 Å². The van der Waals surface area contributed by atoms with Crippen molar-refractivity contribution in [2.75, 3.05) is 44.2 Å². The van der Waals surface area contributed by atoms with E-state index in [2.05, 4.69) is 25.8 Å². The van der Waals surface area contributed by atoms with Gasteiger partial charge in [0.05, 0.1) is 24.7 Å². The highest BCUT2D eigenvalue weighted by molar-refractivity contribution is 6.28. The smallest absolute Gasteiger partial charge is 0.243 e. The predicted octanol–water partition coefficient (Wildman–Crippen LogP) is 2.24. The van der Waals surface area contributed by atoms with Gasteiger partial charge in [-0.15, -0.1) is 0 Å². The van der Waals surface area contributed by atoms with Gasteiger partial charge in [-0.1, -0.05) is 25.7 Å². The molecule has 1 aromatic rings. The first-order valence-electron chi connectivity index (χ1n) is 12.1. The van der Waals surface area contributed by atoms with Gasteiger partial charge in [-0.3, -0.25) is 25.6 Å². The van der Waals surface area contributed by atoms with E-state index >= 15 is 4.39 Å². The molecule has 0 bridgehead atoms. The van der Waals surface area contributed by atoms with Gasteiger partial charge in [0, 0.05) is 20.6 Å². The summed E-state index contributed by atoms with van der Waals surface area (Å²) in [5.41, 5.74) is 5.00. The SMILES string of the molecule is CN(C)N1CN(c2nc(Cl)nc(NNC(=O)[C@H](CCC3CCCC3)CN(O)C=O)c2F)CC12CC2. The van der Waals surface area contributed by atoms with Crippen LogP contribution in [0.3, 0.4) is 0 Å². The standard InChI is InChI=1S/C22H34ClFN8O3/c1-29(2)32-13-30(12-22(32)9-10-22)19-17(24)18(25-21(23)26-19)27-28-20(34)16(11-31(35)14-33)8-7-15-5-3-4-6-15/h14-16,35H,3-13H2,1-2H3,(H,28,34)(H,25,26,27)/t16-/m1/s1. The fourth-order valence-electron chi connectivity index (χ4n) is 5.29. The summed E-state index contributed by atoms with van der Waals surface area (Å²) in [5.74, 6) is -1.49. The lowest BCUT2D eigenvalue weighted by Crippen LogP contribution is -2.43. The second kappa shape index (κ2) is 10.8. The van der Waals surface area contributed by atoms with Gasteiger partial charge in [0.1, 0.15) is 0 Å². The van der Waals surface area contributed by atoms with Crippen molar-refractivity contribution in [1.82, 2.24) is 30.5 Å². The number of carbonyl (C=O) groups is 2. The lowest BCUT2D eigenvalue weighted by atomic mass is 9.94. The van der Waals surface area contributed by atoms with Crippen LogP contribution in [0.2, 0.25) is 5.28 Å². The van der Waals surface area contributed by atoms with E-state index in [0.717, 1.165) is 32.1 Å². The molecule has 2 heterocycles. The van der Waals surface area contributed by atoms with Crippen LogP contribution in [0.15, 0.2) is 0 Å². The van der Waals surface area contributed by atoms with Gasteiger partial charge in [-0.05, 0) is 43.2 Å². The molecule has 0 unspecified atom stereocenters. The molecule has 13 heteroatoms. The third-order valence-electron chi connectivity index (χ3n) is 7.36. The zero-order chi connectivity index (χ0) is 25.2. The van der Waals surface area contributed by atoms with Crippen LogP contribution in [0.25, 0.3) is 0 Å². The fraction of sp³-hybridized carbons (Fsp3) is 0.727. The molecule has 1 aromatic heterocycles. The van der Waals surface area contributed by atoms with Crippen molar-refractivity contribution in [2.45, 2.75) is 56.9 Å². The lowest BCUT2D eigenvalue weighted by molar-refractivity contribution is -0.154. The molecule has 0 radical (unpaired) electrons. The van der Waals surface area contributed by atoms with E-state index in [9.17, 15) is 14.8 Å². The summed E-state index contributed by atoms with van der Waals surface area (Å²) in [5, 5.41) is 14.1. The van der Waals surface area contributed by atoms with Gasteiger partial charge < -0.3 is 4.90 Å². The zero-order valence-corrected chi connectivity index (χ0v) is 21.0. The predicted molar refractivity (Wildman–Crippen MR) is 128 cm³/mol. The summed E-state index contributed by atoms with van der Waals surface area (Å²) in [6.45, 7) is 0.922. The molecule has 194 valence electrons. The molecule has 11 nitrogen and oxygen atoms in total. The van der Waals surface area contributed by atoms with E-state index in [-0.39, 0.29) is 35.4 Å². The van der Waals surface area contributed by atoms with Crippen LogP contribution in [0.5, 0.6) is 0 Å². The van der Waals surface area contributed by atoms with E-state index < -0.39 is 17.6 Å². The number of hydrazine groups is 2. The molecular weight excluding hydrogens is 479 g/mol. The Balaban J connectivity index is 1.42. The highest BCUT2D eigenvalue weighted by Gasteiger charge is 2.55. The summed E-state index contributed by atoms with van der Waals surface area (Å²) >= 11 is 6.10. The molecule has 3 aliphatic rings. The summed E-state index contributed by atoms with van der Waals surface area (Å²) in [4.78, 5) is 33.6. The van der Waals surface area contributed by atoms with E-state index in [1.54, 1.807) is 0 Å². The van der Waals surface area contributed by atoms with Gasteiger partial charge in [-0.2, -0.15) is 14.4 Å². The average molecular weight is 513 g/mol. The lowest BCUT2D eigenvalue weighted by Gasteiger charge is -2.29. The molecule has 1 spiro atoms. The van der Waals surface area contributed by atoms with Gasteiger partial charge in [0.25, 0.3) is 0 Å². The quantitative estimate of drug-likeness (QED) is 0.177. The van der Waals surface area contributed by atoms with Crippen LogP contribution < -0.4 is 15.8 Å². The maximum atomic E-state index is 15.4. The summed E-state index contributed by atoms with van der Waals surface area (Å²) < 4.78 is 15.4. The van der Waals surface area contributed by atoms with E-state index in [0.29, 0.717) is 30.6 Å². The number of carbonyl (C=O) groups excluding carboxylic acids is 2. The average Bonchev–Trinajstić information content (AvgIpc) is 3.22. The Morgan fingerprint density at radius 1 is 1.34 bits per heavy atom. The third kappa shape index (κ3) is 5.93. The molecule has 3 N–H and O–H groups in total. The van der Waals surface area contributed by atoms with Crippen LogP contribution in [0.1, 0.15) is 51.4 Å². The zero-order valence-electron chi connectivity index (χ0n) is 20.2. The number of aromatic nitrogens is 2. The highest BCUT2D eigenvalue weighted by atomic mass is 35.5. The van der Waals surface area contributed by atoms with E-state index in [1.807, 2.05) is 24.0 Å². The monoisotopic (exact) mass is 512 g/mol. The Morgan fingerprint density at radius 2 is 2.06 bits per heavy atom. The van der Waals surface area contributed by atoms with Crippen molar-refractivity contribution in [2.24, 2.45) is 11.8 Å². The molecule has 1 aliphatic heterocycles. The number of halogens is 2. The molecule has 3 fully saturated rings. The van der Waals surface area contributed by atoms with Gasteiger partial charge in [-0.25, -0.2) is 15.1 Å². The van der Waals surface area contributed by atoms with Crippen LogP contribution in [0.4, 0.5) is 16.0 Å². The summed E-state index contributed by atoms with van der Waals surface area (Å²) in [7, 11) is 3.91. The Labute approximate surface area is 209 Å². The Morgan fingerprint density at radius 3 is 2.66 bits per heavy atom. The van der Waals surface area contributed by atoms with E-state index in [4.69, 9.17) is 11.6 Å². The summed E-state index contributed by atoms with van der Waals surface area (Å²) in [6, 6.07) is 0. The number of anilines is 2. The molecule has 2 amide bonds. The van der Waals surface area contributed by atoms with Gasteiger partial charge in [0.2, 0.25) is 23.4 Å². The Kier molecular flexibility index (Phi) is 7.94. The largest absolute Gasteiger partial charge is 0.338 e. The number of nitrogens with one attached hydrogen (secondary N) is 2. The van der Waals surface area contributed by atoms with Gasteiger partial charge in [0.15, 0.2) is 11.6 Å².